The highest BCUT2D eigenvalue weighted by Gasteiger charge is 2.23. The Morgan fingerprint density at radius 1 is 1.38 bits per heavy atom. The molecule has 1 rings (SSSR count). The van der Waals surface area contributed by atoms with E-state index in [0.29, 0.717) is 24.9 Å². The lowest BCUT2D eigenvalue weighted by Gasteiger charge is -2.24. The third-order valence-corrected chi connectivity index (χ3v) is 5.21. The van der Waals surface area contributed by atoms with E-state index in [1.54, 1.807) is 0 Å². The van der Waals surface area contributed by atoms with E-state index in [1.807, 2.05) is 23.7 Å². The zero-order valence-electron chi connectivity index (χ0n) is 13.1. The second-order valence-electron chi connectivity index (χ2n) is 5.74. The van der Waals surface area contributed by atoms with Gasteiger partial charge in [-0.3, -0.25) is 4.79 Å². The van der Waals surface area contributed by atoms with Crippen LogP contribution in [0, 0.1) is 5.92 Å². The number of carboxylic acids is 1. The first-order valence-corrected chi connectivity index (χ1v) is 9.00. The Kier molecular flexibility index (Phi) is 8.57. The van der Waals surface area contributed by atoms with Gasteiger partial charge in [0, 0.05) is 31.8 Å². The molecule has 21 heavy (non-hydrogen) atoms. The van der Waals surface area contributed by atoms with Crippen molar-refractivity contribution < 1.29 is 14.7 Å². The van der Waals surface area contributed by atoms with Crippen LogP contribution in [0.2, 0.25) is 0 Å². The van der Waals surface area contributed by atoms with Gasteiger partial charge in [-0.1, -0.05) is 19.8 Å². The molecule has 0 aromatic rings. The van der Waals surface area contributed by atoms with Gasteiger partial charge in [-0.25, -0.2) is 4.79 Å². The van der Waals surface area contributed by atoms with Crippen molar-refractivity contribution >= 4 is 23.8 Å². The Hall–Kier alpha value is -0.910. The highest BCUT2D eigenvalue weighted by molar-refractivity contribution is 7.99. The molecule has 2 unspecified atom stereocenters. The molecule has 2 atom stereocenters. The number of thioether (sulfide) groups is 1. The molecule has 0 radical (unpaired) electrons. The van der Waals surface area contributed by atoms with Gasteiger partial charge in [0.2, 0.25) is 0 Å². The second kappa shape index (κ2) is 9.92. The molecule has 1 heterocycles. The average Bonchev–Trinajstić information content (AvgIpc) is 2.97. The molecule has 0 bridgehead atoms. The van der Waals surface area contributed by atoms with Crippen molar-refractivity contribution in [1.82, 2.24) is 10.2 Å². The topological polar surface area (TPSA) is 69.6 Å². The molecule has 0 saturated carbocycles. The molecule has 0 aromatic heterocycles. The number of nitrogens with one attached hydrogen (secondary N) is 1. The van der Waals surface area contributed by atoms with Gasteiger partial charge in [0.05, 0.1) is 0 Å². The molecule has 1 aliphatic rings. The van der Waals surface area contributed by atoms with E-state index in [9.17, 15) is 9.59 Å². The quantitative estimate of drug-likeness (QED) is 0.686. The predicted octanol–water partition coefficient (Wildman–Crippen LogP) is 2.80. The minimum atomic E-state index is -0.737. The van der Waals surface area contributed by atoms with Crippen LogP contribution < -0.4 is 5.32 Å². The van der Waals surface area contributed by atoms with E-state index in [1.165, 1.54) is 0 Å². The molecule has 1 aliphatic heterocycles. The first kappa shape index (κ1) is 18.1. The molecule has 0 spiro atoms. The van der Waals surface area contributed by atoms with Gasteiger partial charge in [-0.05, 0) is 30.9 Å². The number of carbonyl (C=O) groups excluding carboxylic acids is 1. The van der Waals surface area contributed by atoms with E-state index in [2.05, 4.69) is 12.2 Å². The molecule has 5 nitrogen and oxygen atoms in total. The standard InChI is InChI=1S/C15H28N2O3S/c1-3-4-12(5-6-14(18)19)7-9-16-15(20)17(2)13-8-10-21-11-13/h12-13H,3-11H2,1-2H3,(H,16,20)(H,18,19). The molecule has 2 N–H and O–H groups in total. The summed E-state index contributed by atoms with van der Waals surface area (Å²) in [6, 6.07) is 0.351. The SMILES string of the molecule is CCCC(CCNC(=O)N(C)C1CCSC1)CCC(=O)O. The number of hydrogen-bond acceptors (Lipinski definition) is 3. The Balaban J connectivity index is 2.24. The Labute approximate surface area is 131 Å². The van der Waals surface area contributed by atoms with Crippen molar-refractivity contribution in [2.75, 3.05) is 25.1 Å². The number of carbonyl (C=O) groups is 2. The van der Waals surface area contributed by atoms with Crippen LogP contribution in [-0.4, -0.2) is 53.1 Å². The number of rotatable bonds is 9. The molecule has 0 aliphatic carbocycles. The monoisotopic (exact) mass is 316 g/mol. The van der Waals surface area contributed by atoms with Gasteiger partial charge >= 0.3 is 12.0 Å². The van der Waals surface area contributed by atoms with Gasteiger partial charge in [0.15, 0.2) is 0 Å². The zero-order valence-corrected chi connectivity index (χ0v) is 14.0. The number of nitrogens with zero attached hydrogens (tertiary/aromatic N) is 1. The maximum Gasteiger partial charge on any atom is 0.317 e. The maximum atomic E-state index is 12.0. The normalized spacial score (nSPS) is 19.2. The first-order valence-electron chi connectivity index (χ1n) is 7.84. The molecule has 1 saturated heterocycles. The molecule has 6 heteroatoms. The van der Waals surface area contributed by atoms with Crippen molar-refractivity contribution in [2.24, 2.45) is 5.92 Å². The first-order chi connectivity index (χ1) is 10.0. The van der Waals surface area contributed by atoms with Gasteiger partial charge in [-0.15, -0.1) is 0 Å². The van der Waals surface area contributed by atoms with Gasteiger partial charge < -0.3 is 15.3 Å². The fourth-order valence-electron chi connectivity index (χ4n) is 2.67. The minimum absolute atomic E-state index is 0.00372. The molecular weight excluding hydrogens is 288 g/mol. The van der Waals surface area contributed by atoms with E-state index in [4.69, 9.17) is 5.11 Å². The van der Waals surface area contributed by atoms with Crippen LogP contribution in [0.5, 0.6) is 0 Å². The maximum absolute atomic E-state index is 12.0. The van der Waals surface area contributed by atoms with Gasteiger partial charge in [-0.2, -0.15) is 11.8 Å². The minimum Gasteiger partial charge on any atom is -0.481 e. The number of hydrogen-bond donors (Lipinski definition) is 2. The number of aliphatic carboxylic acids is 1. The summed E-state index contributed by atoms with van der Waals surface area (Å²) in [5, 5.41) is 11.7. The van der Waals surface area contributed by atoms with Crippen LogP contribution in [0.15, 0.2) is 0 Å². The summed E-state index contributed by atoms with van der Waals surface area (Å²) < 4.78 is 0. The van der Waals surface area contributed by atoms with Crippen molar-refractivity contribution in [1.29, 1.82) is 0 Å². The predicted molar refractivity (Wildman–Crippen MR) is 86.8 cm³/mol. The van der Waals surface area contributed by atoms with Crippen LogP contribution >= 0.6 is 11.8 Å². The third kappa shape index (κ3) is 7.07. The molecule has 2 amide bonds. The lowest BCUT2D eigenvalue weighted by Crippen LogP contribution is -2.44. The van der Waals surface area contributed by atoms with E-state index < -0.39 is 5.97 Å². The fourth-order valence-corrected chi connectivity index (χ4v) is 3.94. The third-order valence-electron chi connectivity index (χ3n) is 4.07. The van der Waals surface area contributed by atoms with Gasteiger partial charge in [0.25, 0.3) is 0 Å². The van der Waals surface area contributed by atoms with Crippen LogP contribution in [0.4, 0.5) is 4.79 Å². The highest BCUT2D eigenvalue weighted by Crippen LogP contribution is 2.21. The summed E-state index contributed by atoms with van der Waals surface area (Å²) in [4.78, 5) is 24.5. The number of urea groups is 1. The van der Waals surface area contributed by atoms with E-state index >= 15 is 0 Å². The highest BCUT2D eigenvalue weighted by atomic mass is 32.2. The lowest BCUT2D eigenvalue weighted by atomic mass is 9.94. The van der Waals surface area contributed by atoms with Crippen LogP contribution in [-0.2, 0) is 4.79 Å². The zero-order chi connectivity index (χ0) is 15.7. The summed E-state index contributed by atoms with van der Waals surface area (Å²) in [5.74, 6) is 1.81. The number of amides is 2. The average molecular weight is 316 g/mol. The Morgan fingerprint density at radius 2 is 2.14 bits per heavy atom. The van der Waals surface area contributed by atoms with Crippen molar-refractivity contribution in [3.05, 3.63) is 0 Å². The summed E-state index contributed by atoms with van der Waals surface area (Å²) in [7, 11) is 1.86. The molecular formula is C15H28N2O3S. The van der Waals surface area contributed by atoms with E-state index in [-0.39, 0.29) is 12.5 Å². The summed E-state index contributed by atoms with van der Waals surface area (Å²) >= 11 is 1.90. The smallest absolute Gasteiger partial charge is 0.317 e. The fraction of sp³-hybridized carbons (Fsp3) is 0.867. The van der Waals surface area contributed by atoms with Crippen LogP contribution in [0.25, 0.3) is 0 Å². The van der Waals surface area contributed by atoms with E-state index in [0.717, 1.165) is 37.2 Å². The Bertz CT molecular complexity index is 333. The van der Waals surface area contributed by atoms with Gasteiger partial charge in [0.1, 0.15) is 0 Å². The van der Waals surface area contributed by atoms with Crippen LogP contribution in [0.3, 0.4) is 0 Å². The molecule has 0 aromatic carbocycles. The molecule has 122 valence electrons. The molecule has 1 fully saturated rings. The number of carboxylic acid groups (broad SMARTS) is 1. The second-order valence-corrected chi connectivity index (χ2v) is 6.89. The largest absolute Gasteiger partial charge is 0.481 e. The lowest BCUT2D eigenvalue weighted by molar-refractivity contribution is -0.137. The summed E-state index contributed by atoms with van der Waals surface area (Å²) in [6.07, 6.45) is 4.94. The summed E-state index contributed by atoms with van der Waals surface area (Å²) in [5.41, 5.74) is 0. The Morgan fingerprint density at radius 3 is 2.71 bits per heavy atom. The van der Waals surface area contributed by atoms with Crippen molar-refractivity contribution in [3.8, 4) is 0 Å². The van der Waals surface area contributed by atoms with Crippen molar-refractivity contribution in [2.45, 2.75) is 51.5 Å². The van der Waals surface area contributed by atoms with Crippen molar-refractivity contribution in [3.63, 3.8) is 0 Å². The van der Waals surface area contributed by atoms with Crippen LogP contribution in [0.1, 0.15) is 45.4 Å². The summed E-state index contributed by atoms with van der Waals surface area (Å²) in [6.45, 7) is 2.74.